The minimum Gasteiger partial charge on any atom is -0.239 e. The van der Waals surface area contributed by atoms with Crippen LogP contribution in [-0.2, 0) is 0 Å². The third kappa shape index (κ3) is 1.24. The van der Waals surface area contributed by atoms with Gasteiger partial charge in [0, 0.05) is 18.2 Å². The van der Waals surface area contributed by atoms with Crippen molar-refractivity contribution in [1.29, 1.82) is 0 Å². The number of nitrogens with zero attached hydrogens (tertiary/aromatic N) is 2. The van der Waals surface area contributed by atoms with Crippen LogP contribution in [0.3, 0.4) is 0 Å². The maximum atomic E-state index is 13.0. The fourth-order valence-corrected chi connectivity index (χ4v) is 2.58. The van der Waals surface area contributed by atoms with Gasteiger partial charge in [-0.1, -0.05) is 0 Å². The molecular formula is C10H8FIN2. The van der Waals surface area contributed by atoms with E-state index in [0.717, 1.165) is 14.8 Å². The molecule has 0 amide bonds. The predicted molar refractivity (Wildman–Crippen MR) is 59.8 cm³/mol. The third-order valence-electron chi connectivity index (χ3n) is 2.53. The van der Waals surface area contributed by atoms with Crippen LogP contribution in [0, 0.1) is 9.39 Å². The second-order valence-electron chi connectivity index (χ2n) is 3.65. The van der Waals surface area contributed by atoms with E-state index in [1.54, 1.807) is 16.8 Å². The Kier molecular flexibility index (Phi) is 1.80. The lowest BCUT2D eigenvalue weighted by atomic mass is 10.3. The molecule has 2 aromatic heterocycles. The Balaban J connectivity index is 2.29. The van der Waals surface area contributed by atoms with Crippen LogP contribution in [-0.4, -0.2) is 9.61 Å². The van der Waals surface area contributed by atoms with Crippen LogP contribution in [0.15, 0.2) is 18.3 Å². The molecule has 14 heavy (non-hydrogen) atoms. The van der Waals surface area contributed by atoms with Crippen LogP contribution in [0.1, 0.15) is 24.5 Å². The highest BCUT2D eigenvalue weighted by atomic mass is 127. The normalized spacial score (nSPS) is 16.4. The van der Waals surface area contributed by atoms with Crippen molar-refractivity contribution in [3.8, 4) is 0 Å². The Morgan fingerprint density at radius 1 is 1.50 bits per heavy atom. The molecule has 2 heterocycles. The number of fused-ring (bicyclic) bond motifs is 1. The van der Waals surface area contributed by atoms with Crippen molar-refractivity contribution < 1.29 is 4.39 Å². The van der Waals surface area contributed by atoms with E-state index < -0.39 is 0 Å². The Bertz CT molecular complexity index is 502. The zero-order valence-electron chi connectivity index (χ0n) is 7.37. The number of hydrogen-bond acceptors (Lipinski definition) is 1. The highest BCUT2D eigenvalue weighted by molar-refractivity contribution is 14.1. The van der Waals surface area contributed by atoms with E-state index in [-0.39, 0.29) is 5.82 Å². The van der Waals surface area contributed by atoms with E-state index >= 15 is 0 Å². The van der Waals surface area contributed by atoms with Gasteiger partial charge >= 0.3 is 0 Å². The van der Waals surface area contributed by atoms with E-state index in [4.69, 9.17) is 0 Å². The van der Waals surface area contributed by atoms with Crippen molar-refractivity contribution in [3.05, 3.63) is 33.4 Å². The number of hydrogen-bond donors (Lipinski definition) is 0. The third-order valence-corrected chi connectivity index (χ3v) is 3.63. The fourth-order valence-electron chi connectivity index (χ4n) is 1.63. The second kappa shape index (κ2) is 2.92. The number of rotatable bonds is 1. The minimum absolute atomic E-state index is 0.197. The van der Waals surface area contributed by atoms with Gasteiger partial charge in [-0.05, 0) is 41.5 Å². The molecule has 1 aliphatic carbocycles. The number of halogens is 2. The molecule has 0 aromatic carbocycles. The average Bonchev–Trinajstić information content (AvgIpc) is 2.95. The van der Waals surface area contributed by atoms with Gasteiger partial charge in [0.1, 0.15) is 5.82 Å². The molecule has 0 aliphatic heterocycles. The molecule has 0 spiro atoms. The van der Waals surface area contributed by atoms with E-state index in [0.29, 0.717) is 5.92 Å². The lowest BCUT2D eigenvalue weighted by Crippen LogP contribution is -1.87. The zero-order chi connectivity index (χ0) is 9.71. The van der Waals surface area contributed by atoms with Crippen molar-refractivity contribution in [2.24, 2.45) is 0 Å². The molecule has 0 radical (unpaired) electrons. The summed E-state index contributed by atoms with van der Waals surface area (Å²) in [6.45, 7) is 0. The van der Waals surface area contributed by atoms with Gasteiger partial charge in [0.05, 0.1) is 14.8 Å². The van der Waals surface area contributed by atoms with Gasteiger partial charge in [0.2, 0.25) is 0 Å². The van der Waals surface area contributed by atoms with Crippen LogP contribution in [0.2, 0.25) is 0 Å². The van der Waals surface area contributed by atoms with Crippen LogP contribution < -0.4 is 0 Å². The maximum Gasteiger partial charge on any atom is 0.126 e. The van der Waals surface area contributed by atoms with Gasteiger partial charge in [-0.3, -0.25) is 0 Å². The molecule has 0 bridgehead atoms. The summed E-state index contributed by atoms with van der Waals surface area (Å²) >= 11 is 2.26. The average molecular weight is 302 g/mol. The fraction of sp³-hybridized carbons (Fsp3) is 0.300. The second-order valence-corrected chi connectivity index (χ2v) is 4.73. The summed E-state index contributed by atoms with van der Waals surface area (Å²) in [4.78, 5) is 0. The zero-order valence-corrected chi connectivity index (χ0v) is 9.53. The van der Waals surface area contributed by atoms with Gasteiger partial charge in [0.15, 0.2) is 0 Å². The van der Waals surface area contributed by atoms with Gasteiger partial charge in [-0.2, -0.15) is 5.10 Å². The van der Waals surface area contributed by atoms with Crippen molar-refractivity contribution in [2.75, 3.05) is 0 Å². The summed E-state index contributed by atoms with van der Waals surface area (Å²) in [6, 6.07) is 2.98. The van der Waals surface area contributed by atoms with E-state index in [2.05, 4.69) is 27.7 Å². The Hall–Kier alpha value is -0.650. The molecular weight excluding hydrogens is 294 g/mol. The van der Waals surface area contributed by atoms with Crippen molar-refractivity contribution in [1.82, 2.24) is 9.61 Å². The lowest BCUT2D eigenvalue weighted by Gasteiger charge is -1.91. The Morgan fingerprint density at radius 3 is 3.00 bits per heavy atom. The SMILES string of the molecule is Fc1ccn2nc(C3CC3)c(I)c2c1. The topological polar surface area (TPSA) is 17.3 Å². The monoisotopic (exact) mass is 302 g/mol. The van der Waals surface area contributed by atoms with E-state index in [1.807, 2.05) is 0 Å². The first-order valence-corrected chi connectivity index (χ1v) is 5.67. The standard InChI is InChI=1S/C10H8FIN2/c11-7-3-4-14-8(5-7)9(12)10(13-14)6-1-2-6/h3-6H,1-2H2. The molecule has 2 aromatic rings. The number of pyridine rings is 1. The summed E-state index contributed by atoms with van der Waals surface area (Å²) in [7, 11) is 0. The summed E-state index contributed by atoms with van der Waals surface area (Å²) < 4.78 is 15.9. The molecule has 1 fully saturated rings. The van der Waals surface area contributed by atoms with E-state index in [9.17, 15) is 4.39 Å². The minimum atomic E-state index is -0.197. The quantitative estimate of drug-likeness (QED) is 0.740. The lowest BCUT2D eigenvalue weighted by molar-refractivity contribution is 0.625. The first-order chi connectivity index (χ1) is 6.75. The summed E-state index contributed by atoms with van der Waals surface area (Å²) in [5.74, 6) is 0.419. The molecule has 1 saturated carbocycles. The summed E-state index contributed by atoms with van der Waals surface area (Å²) in [6.07, 6.45) is 4.13. The van der Waals surface area contributed by atoms with Gasteiger partial charge in [0.25, 0.3) is 0 Å². The molecule has 0 N–H and O–H groups in total. The molecule has 72 valence electrons. The molecule has 4 heteroatoms. The smallest absolute Gasteiger partial charge is 0.126 e. The number of aromatic nitrogens is 2. The largest absolute Gasteiger partial charge is 0.239 e. The van der Waals surface area contributed by atoms with Crippen molar-refractivity contribution >= 4 is 28.1 Å². The first-order valence-electron chi connectivity index (χ1n) is 4.59. The predicted octanol–water partition coefficient (Wildman–Crippen LogP) is 2.96. The molecule has 0 atom stereocenters. The van der Waals surface area contributed by atoms with Crippen LogP contribution in [0.4, 0.5) is 4.39 Å². The van der Waals surface area contributed by atoms with E-state index in [1.165, 1.54) is 18.9 Å². The van der Waals surface area contributed by atoms with Crippen LogP contribution in [0.5, 0.6) is 0 Å². The maximum absolute atomic E-state index is 13.0. The molecule has 2 nitrogen and oxygen atoms in total. The molecule has 0 saturated heterocycles. The molecule has 0 unspecified atom stereocenters. The van der Waals surface area contributed by atoms with Crippen LogP contribution in [0.25, 0.3) is 5.52 Å². The van der Waals surface area contributed by atoms with Gasteiger partial charge in [-0.15, -0.1) is 0 Å². The van der Waals surface area contributed by atoms with Crippen molar-refractivity contribution in [3.63, 3.8) is 0 Å². The van der Waals surface area contributed by atoms with Crippen molar-refractivity contribution in [2.45, 2.75) is 18.8 Å². The Morgan fingerprint density at radius 2 is 2.29 bits per heavy atom. The van der Waals surface area contributed by atoms with Gasteiger partial charge < -0.3 is 0 Å². The summed E-state index contributed by atoms with van der Waals surface area (Å²) in [5.41, 5.74) is 2.02. The molecule has 1 aliphatic rings. The highest BCUT2D eigenvalue weighted by Gasteiger charge is 2.29. The first kappa shape index (κ1) is 8.64. The molecule has 3 rings (SSSR count). The Labute approximate surface area is 94.3 Å². The van der Waals surface area contributed by atoms with Crippen LogP contribution >= 0.6 is 22.6 Å². The summed E-state index contributed by atoms with van der Waals surface area (Å²) in [5, 5.41) is 4.46. The van der Waals surface area contributed by atoms with Gasteiger partial charge in [-0.25, -0.2) is 8.91 Å². The highest BCUT2D eigenvalue weighted by Crippen LogP contribution is 2.42.